The smallest absolute Gasteiger partial charge is 0.0493 e. The van der Waals surface area contributed by atoms with Gasteiger partial charge in [0.25, 0.3) is 0 Å². The first-order chi connectivity index (χ1) is 8.29. The third kappa shape index (κ3) is 1.69. The number of para-hydroxylation sites is 1. The highest BCUT2D eigenvalue weighted by Crippen LogP contribution is 2.32. The van der Waals surface area contributed by atoms with E-state index in [2.05, 4.69) is 42.2 Å². The lowest BCUT2D eigenvalue weighted by molar-refractivity contribution is 0.254. The van der Waals surface area contributed by atoms with E-state index in [4.69, 9.17) is 0 Å². The van der Waals surface area contributed by atoms with Gasteiger partial charge in [-0.25, -0.2) is 0 Å². The van der Waals surface area contributed by atoms with Gasteiger partial charge < -0.3 is 10.1 Å². The summed E-state index contributed by atoms with van der Waals surface area (Å²) in [6.45, 7) is 2.32. The van der Waals surface area contributed by atoms with Gasteiger partial charge in [-0.1, -0.05) is 30.7 Å². The number of aromatic amines is 1. The number of rotatable bonds is 2. The highest BCUT2D eigenvalue weighted by molar-refractivity contribution is 5.88. The molecule has 2 aromatic rings. The van der Waals surface area contributed by atoms with Crippen molar-refractivity contribution in [3.8, 4) is 0 Å². The Balaban J connectivity index is 2.11. The maximum atomic E-state index is 9.22. The summed E-state index contributed by atoms with van der Waals surface area (Å²) in [6.07, 6.45) is 4.37. The maximum Gasteiger partial charge on any atom is 0.0493 e. The van der Waals surface area contributed by atoms with Crippen molar-refractivity contribution in [3.05, 3.63) is 41.1 Å². The minimum absolute atomic E-state index is 0.237. The van der Waals surface area contributed by atoms with E-state index in [1.807, 2.05) is 0 Å². The SMILES string of the molecule is CC(CO)C1=Cc2[nH]c3ccccc3c2CC1. The van der Waals surface area contributed by atoms with Crippen LogP contribution in [0.1, 0.15) is 24.6 Å². The van der Waals surface area contributed by atoms with Crippen molar-refractivity contribution >= 4 is 17.0 Å². The van der Waals surface area contributed by atoms with E-state index in [1.165, 1.54) is 27.7 Å². The van der Waals surface area contributed by atoms with Gasteiger partial charge in [-0.3, -0.25) is 0 Å². The Morgan fingerprint density at radius 2 is 2.12 bits per heavy atom. The molecule has 88 valence electrons. The molecule has 0 amide bonds. The molecule has 1 atom stereocenters. The van der Waals surface area contributed by atoms with E-state index in [1.54, 1.807) is 0 Å². The fourth-order valence-electron chi connectivity index (χ4n) is 2.65. The van der Waals surface area contributed by atoms with Crippen LogP contribution in [-0.4, -0.2) is 16.7 Å². The number of H-pyrrole nitrogens is 1. The zero-order valence-electron chi connectivity index (χ0n) is 10.0. The molecule has 1 aliphatic rings. The molecule has 0 saturated carbocycles. The summed E-state index contributed by atoms with van der Waals surface area (Å²) in [4.78, 5) is 3.47. The van der Waals surface area contributed by atoms with Crippen LogP contribution in [0.2, 0.25) is 0 Å². The van der Waals surface area contributed by atoms with Crippen molar-refractivity contribution in [3.63, 3.8) is 0 Å². The van der Waals surface area contributed by atoms with E-state index in [-0.39, 0.29) is 12.5 Å². The minimum atomic E-state index is 0.237. The zero-order chi connectivity index (χ0) is 11.8. The molecule has 0 aliphatic heterocycles. The van der Waals surface area contributed by atoms with E-state index in [0.717, 1.165) is 12.8 Å². The van der Waals surface area contributed by atoms with Crippen LogP contribution in [0.25, 0.3) is 17.0 Å². The second-order valence-electron chi connectivity index (χ2n) is 4.87. The van der Waals surface area contributed by atoms with Gasteiger partial charge in [-0.05, 0) is 30.5 Å². The molecule has 2 nitrogen and oxygen atoms in total. The maximum absolute atomic E-state index is 9.22. The van der Waals surface area contributed by atoms with Crippen LogP contribution < -0.4 is 0 Å². The lowest BCUT2D eigenvalue weighted by Gasteiger charge is -2.18. The van der Waals surface area contributed by atoms with Crippen LogP contribution in [0.3, 0.4) is 0 Å². The number of fused-ring (bicyclic) bond motifs is 3. The number of aliphatic hydroxyl groups excluding tert-OH is 1. The van der Waals surface area contributed by atoms with Gasteiger partial charge in [0.15, 0.2) is 0 Å². The van der Waals surface area contributed by atoms with Gasteiger partial charge in [0.05, 0.1) is 0 Å². The molecular weight excluding hydrogens is 210 g/mol. The van der Waals surface area contributed by atoms with E-state index in [9.17, 15) is 5.11 Å². The predicted molar refractivity (Wildman–Crippen MR) is 70.8 cm³/mol. The Labute approximate surface area is 101 Å². The number of hydrogen-bond donors (Lipinski definition) is 2. The lowest BCUT2D eigenvalue weighted by Crippen LogP contribution is -2.09. The van der Waals surface area contributed by atoms with Gasteiger partial charge in [0.1, 0.15) is 0 Å². The second kappa shape index (κ2) is 4.04. The average Bonchev–Trinajstić information content (AvgIpc) is 2.75. The predicted octanol–water partition coefficient (Wildman–Crippen LogP) is 3.13. The Morgan fingerprint density at radius 3 is 2.94 bits per heavy atom. The molecule has 0 radical (unpaired) electrons. The summed E-state index contributed by atoms with van der Waals surface area (Å²) in [6, 6.07) is 8.45. The summed E-state index contributed by atoms with van der Waals surface area (Å²) in [5, 5.41) is 10.6. The number of aromatic nitrogens is 1. The molecule has 0 spiro atoms. The molecule has 2 heteroatoms. The Morgan fingerprint density at radius 1 is 1.29 bits per heavy atom. The summed E-state index contributed by atoms with van der Waals surface area (Å²) in [5.41, 5.74) is 5.22. The first-order valence-corrected chi connectivity index (χ1v) is 6.20. The Hall–Kier alpha value is -1.54. The van der Waals surface area contributed by atoms with Gasteiger partial charge in [0.2, 0.25) is 0 Å². The lowest BCUT2D eigenvalue weighted by atomic mass is 9.89. The van der Waals surface area contributed by atoms with Crippen LogP contribution in [0.5, 0.6) is 0 Å². The third-order valence-corrected chi connectivity index (χ3v) is 3.75. The molecular formula is C15H17NO. The largest absolute Gasteiger partial charge is 0.396 e. The first-order valence-electron chi connectivity index (χ1n) is 6.20. The van der Waals surface area contributed by atoms with Crippen LogP contribution in [0.15, 0.2) is 29.8 Å². The summed E-state index contributed by atoms with van der Waals surface area (Å²) < 4.78 is 0. The highest BCUT2D eigenvalue weighted by Gasteiger charge is 2.18. The van der Waals surface area contributed by atoms with Crippen LogP contribution in [-0.2, 0) is 6.42 Å². The van der Waals surface area contributed by atoms with Crippen molar-refractivity contribution in [2.75, 3.05) is 6.61 Å². The first kappa shape index (κ1) is 10.6. The summed E-state index contributed by atoms with van der Waals surface area (Å²) in [5.74, 6) is 0.273. The molecule has 1 aromatic carbocycles. The Kier molecular flexibility index (Phi) is 2.52. The van der Waals surface area contributed by atoms with Crippen LogP contribution in [0.4, 0.5) is 0 Å². The van der Waals surface area contributed by atoms with Crippen molar-refractivity contribution in [1.82, 2.24) is 4.98 Å². The van der Waals surface area contributed by atoms with Gasteiger partial charge in [0, 0.05) is 29.1 Å². The summed E-state index contributed by atoms with van der Waals surface area (Å²) >= 11 is 0. The van der Waals surface area contributed by atoms with Gasteiger partial charge >= 0.3 is 0 Å². The van der Waals surface area contributed by atoms with Gasteiger partial charge in [-0.15, -0.1) is 0 Å². The molecule has 3 rings (SSSR count). The quantitative estimate of drug-likeness (QED) is 0.812. The van der Waals surface area contributed by atoms with E-state index >= 15 is 0 Å². The van der Waals surface area contributed by atoms with E-state index < -0.39 is 0 Å². The average molecular weight is 227 g/mol. The normalized spacial score (nSPS) is 16.7. The number of nitrogens with one attached hydrogen (secondary N) is 1. The number of aliphatic hydroxyl groups is 1. The van der Waals surface area contributed by atoms with Gasteiger partial charge in [-0.2, -0.15) is 0 Å². The van der Waals surface area contributed by atoms with Crippen molar-refractivity contribution in [1.29, 1.82) is 0 Å². The molecule has 1 heterocycles. The highest BCUT2D eigenvalue weighted by atomic mass is 16.3. The van der Waals surface area contributed by atoms with Crippen LogP contribution in [0, 0.1) is 5.92 Å². The summed E-state index contributed by atoms with van der Waals surface area (Å²) in [7, 11) is 0. The molecule has 2 N–H and O–H groups in total. The fourth-order valence-corrected chi connectivity index (χ4v) is 2.65. The standard InChI is InChI=1S/C15H17NO/c1-10(9-17)11-6-7-13-12-4-2-3-5-14(12)16-15(13)8-11/h2-5,8,10,16-17H,6-7,9H2,1H3. The molecule has 1 unspecified atom stereocenters. The second-order valence-corrected chi connectivity index (χ2v) is 4.87. The number of benzene rings is 1. The molecule has 0 saturated heterocycles. The Bertz CT molecular complexity index is 580. The molecule has 17 heavy (non-hydrogen) atoms. The molecule has 0 fully saturated rings. The van der Waals surface area contributed by atoms with Crippen molar-refractivity contribution in [2.45, 2.75) is 19.8 Å². The fraction of sp³-hybridized carbons (Fsp3) is 0.333. The molecule has 1 aromatic heterocycles. The monoisotopic (exact) mass is 227 g/mol. The van der Waals surface area contributed by atoms with Crippen molar-refractivity contribution < 1.29 is 5.11 Å². The minimum Gasteiger partial charge on any atom is -0.396 e. The van der Waals surface area contributed by atoms with Crippen LogP contribution >= 0.6 is 0 Å². The van der Waals surface area contributed by atoms with Crippen molar-refractivity contribution in [2.24, 2.45) is 5.92 Å². The number of aryl methyl sites for hydroxylation is 1. The topological polar surface area (TPSA) is 36.0 Å². The third-order valence-electron chi connectivity index (χ3n) is 3.75. The molecule has 1 aliphatic carbocycles. The number of hydrogen-bond acceptors (Lipinski definition) is 1. The molecule has 0 bridgehead atoms. The van der Waals surface area contributed by atoms with E-state index in [0.29, 0.717) is 0 Å². The zero-order valence-corrected chi connectivity index (χ0v) is 10.0.